The van der Waals surface area contributed by atoms with E-state index in [-0.39, 0.29) is 17.6 Å². The van der Waals surface area contributed by atoms with Gasteiger partial charge < -0.3 is 15.4 Å². The molecule has 3 aromatic carbocycles. The number of halogens is 1. The molecule has 0 spiro atoms. The summed E-state index contributed by atoms with van der Waals surface area (Å²) in [5, 5.41) is 9.48. The fourth-order valence-electron chi connectivity index (χ4n) is 4.18. The molecular weight excluding hydrogens is 548 g/mol. The largest absolute Gasteiger partial charge is 0.488 e. The molecule has 0 unspecified atom stereocenters. The summed E-state index contributed by atoms with van der Waals surface area (Å²) >= 11 is 3.42. The fraction of sp³-hybridized carbons (Fsp3) is 0.241. The Hall–Kier alpha value is -3.98. The van der Waals surface area contributed by atoms with Crippen LogP contribution in [0.1, 0.15) is 53.6 Å². The second-order valence-corrected chi connectivity index (χ2v) is 9.88. The maximum absolute atomic E-state index is 12.8. The monoisotopic (exact) mass is 576 g/mol. The van der Waals surface area contributed by atoms with Crippen LogP contribution in [0.4, 0.5) is 5.69 Å². The van der Waals surface area contributed by atoms with Gasteiger partial charge >= 0.3 is 11.8 Å². The van der Waals surface area contributed by atoms with Crippen LogP contribution in [-0.4, -0.2) is 30.0 Å². The first-order valence-corrected chi connectivity index (χ1v) is 13.3. The van der Waals surface area contributed by atoms with Gasteiger partial charge in [-0.1, -0.05) is 77.7 Å². The zero-order chi connectivity index (χ0) is 26.7. The zero-order valence-corrected chi connectivity index (χ0v) is 22.4. The third-order valence-electron chi connectivity index (χ3n) is 6.15. The van der Waals surface area contributed by atoms with E-state index in [9.17, 15) is 14.4 Å². The number of nitrogens with zero attached hydrogens (tertiary/aromatic N) is 1. The van der Waals surface area contributed by atoms with E-state index in [4.69, 9.17) is 4.74 Å². The molecule has 38 heavy (non-hydrogen) atoms. The van der Waals surface area contributed by atoms with Crippen LogP contribution in [0.15, 0.2) is 82.4 Å². The molecule has 1 aliphatic rings. The van der Waals surface area contributed by atoms with Crippen LogP contribution in [0.25, 0.3) is 0 Å². The highest BCUT2D eigenvalue weighted by Crippen LogP contribution is 2.23. The van der Waals surface area contributed by atoms with Crippen molar-refractivity contribution in [3.8, 4) is 5.75 Å². The summed E-state index contributed by atoms with van der Waals surface area (Å²) in [4.78, 5) is 37.8. The van der Waals surface area contributed by atoms with Gasteiger partial charge in [0.1, 0.15) is 12.4 Å². The molecule has 0 aromatic heterocycles. The number of amides is 3. The summed E-state index contributed by atoms with van der Waals surface area (Å²) in [5.74, 6) is -1.61. The third kappa shape index (κ3) is 7.76. The first-order chi connectivity index (χ1) is 18.5. The van der Waals surface area contributed by atoms with Crippen molar-refractivity contribution in [2.75, 3.05) is 5.32 Å². The summed E-state index contributed by atoms with van der Waals surface area (Å²) in [7, 11) is 0. The van der Waals surface area contributed by atoms with E-state index in [1.807, 2.05) is 36.4 Å². The normalized spacial score (nSPS) is 13.6. The topological polar surface area (TPSA) is 109 Å². The Morgan fingerprint density at radius 3 is 2.45 bits per heavy atom. The fourth-order valence-corrected chi connectivity index (χ4v) is 4.56. The molecule has 8 nitrogen and oxygen atoms in total. The van der Waals surface area contributed by atoms with Crippen molar-refractivity contribution < 1.29 is 19.1 Å². The highest BCUT2D eigenvalue weighted by atomic mass is 79.9. The maximum Gasteiger partial charge on any atom is 0.329 e. The van der Waals surface area contributed by atoms with Crippen molar-refractivity contribution in [2.24, 2.45) is 5.10 Å². The van der Waals surface area contributed by atoms with Gasteiger partial charge in [-0.05, 0) is 48.7 Å². The summed E-state index contributed by atoms with van der Waals surface area (Å²) in [6.45, 7) is 0.367. The Labute approximate surface area is 230 Å². The summed E-state index contributed by atoms with van der Waals surface area (Å²) < 4.78 is 6.71. The smallest absolute Gasteiger partial charge is 0.329 e. The van der Waals surface area contributed by atoms with Crippen LogP contribution in [0, 0.1) is 0 Å². The lowest BCUT2D eigenvalue weighted by Gasteiger charge is -2.23. The third-order valence-corrected chi connectivity index (χ3v) is 6.64. The average Bonchev–Trinajstić information content (AvgIpc) is 2.94. The first-order valence-electron chi connectivity index (χ1n) is 12.5. The van der Waals surface area contributed by atoms with Crippen LogP contribution in [0.3, 0.4) is 0 Å². The molecule has 0 radical (unpaired) electrons. The van der Waals surface area contributed by atoms with Gasteiger partial charge in [0.15, 0.2) is 0 Å². The van der Waals surface area contributed by atoms with Gasteiger partial charge in [0.25, 0.3) is 5.91 Å². The number of benzene rings is 3. The van der Waals surface area contributed by atoms with E-state index in [0.717, 1.165) is 35.7 Å². The van der Waals surface area contributed by atoms with Crippen LogP contribution in [-0.2, 0) is 16.2 Å². The van der Waals surface area contributed by atoms with E-state index in [2.05, 4.69) is 37.1 Å². The number of para-hydroxylation sites is 1. The van der Waals surface area contributed by atoms with Crippen LogP contribution in [0.5, 0.6) is 5.75 Å². The van der Waals surface area contributed by atoms with Crippen molar-refractivity contribution in [1.29, 1.82) is 0 Å². The molecule has 4 rings (SSSR count). The van der Waals surface area contributed by atoms with Crippen molar-refractivity contribution in [3.63, 3.8) is 0 Å². The number of carbonyl (C=O) groups is 3. The predicted octanol–water partition coefficient (Wildman–Crippen LogP) is 5.18. The molecule has 0 atom stereocenters. The number of hydrazone groups is 1. The van der Waals surface area contributed by atoms with Crippen LogP contribution < -0.4 is 20.8 Å². The summed E-state index contributed by atoms with van der Waals surface area (Å²) in [6.07, 6.45) is 6.65. The van der Waals surface area contributed by atoms with Crippen LogP contribution >= 0.6 is 15.9 Å². The quantitative estimate of drug-likeness (QED) is 0.195. The molecule has 0 bridgehead atoms. The second-order valence-electron chi connectivity index (χ2n) is 8.96. The number of rotatable bonds is 8. The van der Waals surface area contributed by atoms with Gasteiger partial charge in [-0.3, -0.25) is 14.4 Å². The molecule has 1 saturated carbocycles. The molecule has 3 N–H and O–H groups in total. The lowest BCUT2D eigenvalue weighted by atomic mass is 9.95. The molecular formula is C29H29BrN4O4. The molecule has 196 valence electrons. The molecule has 3 amide bonds. The number of ether oxygens (including phenoxy) is 1. The van der Waals surface area contributed by atoms with E-state index in [1.165, 1.54) is 12.6 Å². The number of hydrogen-bond donors (Lipinski definition) is 3. The average molecular weight is 577 g/mol. The molecule has 3 aromatic rings. The van der Waals surface area contributed by atoms with E-state index in [0.29, 0.717) is 23.5 Å². The Morgan fingerprint density at radius 1 is 0.921 bits per heavy atom. The van der Waals surface area contributed by atoms with Crippen molar-refractivity contribution >= 4 is 45.6 Å². The van der Waals surface area contributed by atoms with Crippen molar-refractivity contribution in [2.45, 2.75) is 44.8 Å². The minimum Gasteiger partial charge on any atom is -0.488 e. The highest BCUT2D eigenvalue weighted by Gasteiger charge is 2.21. The Morgan fingerprint density at radius 2 is 1.66 bits per heavy atom. The number of carbonyl (C=O) groups excluding carboxylic acids is 3. The highest BCUT2D eigenvalue weighted by molar-refractivity contribution is 9.10. The SMILES string of the molecule is O=C(N/N=C/c1cc(Br)ccc1OCc1ccccc1)C(=O)Nc1ccccc1C(=O)NC1CCCCC1. The Balaban J connectivity index is 1.35. The van der Waals surface area contributed by atoms with Gasteiger partial charge in [0.05, 0.1) is 17.5 Å². The van der Waals surface area contributed by atoms with Crippen molar-refractivity contribution in [1.82, 2.24) is 10.7 Å². The minimum atomic E-state index is -0.967. The van der Waals surface area contributed by atoms with E-state index < -0.39 is 11.8 Å². The molecule has 9 heteroatoms. The zero-order valence-electron chi connectivity index (χ0n) is 20.8. The van der Waals surface area contributed by atoms with E-state index >= 15 is 0 Å². The van der Waals surface area contributed by atoms with Gasteiger partial charge in [-0.15, -0.1) is 0 Å². The predicted molar refractivity (Wildman–Crippen MR) is 150 cm³/mol. The van der Waals surface area contributed by atoms with Crippen molar-refractivity contribution in [3.05, 3.63) is 94.0 Å². The Bertz CT molecular complexity index is 1310. The van der Waals surface area contributed by atoms with Gasteiger partial charge in [0, 0.05) is 16.1 Å². The summed E-state index contributed by atoms with van der Waals surface area (Å²) in [5.41, 5.74) is 4.42. The minimum absolute atomic E-state index is 0.122. The van der Waals surface area contributed by atoms with Gasteiger partial charge in [-0.2, -0.15) is 5.10 Å². The molecule has 1 aliphatic carbocycles. The molecule has 0 heterocycles. The Kier molecular flexibility index (Phi) is 9.64. The number of hydrogen-bond acceptors (Lipinski definition) is 5. The lowest BCUT2D eigenvalue weighted by Crippen LogP contribution is -2.37. The van der Waals surface area contributed by atoms with Gasteiger partial charge in [-0.25, -0.2) is 5.43 Å². The first kappa shape index (κ1) is 27.1. The lowest BCUT2D eigenvalue weighted by molar-refractivity contribution is -0.136. The van der Waals surface area contributed by atoms with E-state index in [1.54, 1.807) is 36.4 Å². The van der Waals surface area contributed by atoms with Crippen LogP contribution in [0.2, 0.25) is 0 Å². The van der Waals surface area contributed by atoms with Gasteiger partial charge in [0.2, 0.25) is 0 Å². The summed E-state index contributed by atoms with van der Waals surface area (Å²) in [6, 6.07) is 21.9. The second kappa shape index (κ2) is 13.5. The molecule has 0 saturated heterocycles. The number of anilines is 1. The standard InChI is InChI=1S/C29H29BrN4O4/c30-22-15-16-26(38-19-20-9-3-1-4-10-20)21(17-22)18-31-34-29(37)28(36)33-25-14-8-7-13-24(25)27(35)32-23-11-5-2-6-12-23/h1,3-4,7-10,13-18,23H,2,5-6,11-12,19H2,(H,32,35)(H,33,36)(H,34,37)/b31-18+. The number of nitrogens with one attached hydrogen (secondary N) is 3. The molecule has 1 fully saturated rings. The maximum atomic E-state index is 12.8. The molecule has 0 aliphatic heterocycles.